The van der Waals surface area contributed by atoms with Gasteiger partial charge in [-0.2, -0.15) is 11.8 Å². The molecular weight excluding hydrogens is 270 g/mol. The van der Waals surface area contributed by atoms with Crippen LogP contribution in [0.5, 0.6) is 5.75 Å². The molecule has 0 atom stereocenters. The van der Waals surface area contributed by atoms with Crippen molar-refractivity contribution < 1.29 is 19.2 Å². The highest BCUT2D eigenvalue weighted by Crippen LogP contribution is 2.22. The van der Waals surface area contributed by atoms with Gasteiger partial charge in [0, 0.05) is 16.9 Å². The van der Waals surface area contributed by atoms with Crippen molar-refractivity contribution in [1.82, 2.24) is 0 Å². The van der Waals surface area contributed by atoms with Gasteiger partial charge in [-0.3, -0.25) is 10.1 Å². The van der Waals surface area contributed by atoms with Crippen LogP contribution in [0.3, 0.4) is 0 Å². The summed E-state index contributed by atoms with van der Waals surface area (Å²) in [6, 6.07) is 5.21. The van der Waals surface area contributed by atoms with Crippen molar-refractivity contribution >= 4 is 23.6 Å². The van der Waals surface area contributed by atoms with Crippen molar-refractivity contribution in [2.45, 2.75) is 18.6 Å². The van der Waals surface area contributed by atoms with E-state index in [1.165, 1.54) is 24.3 Å². The van der Waals surface area contributed by atoms with Gasteiger partial charge in [-0.1, -0.05) is 0 Å². The third-order valence-electron chi connectivity index (χ3n) is 2.34. The molecule has 0 saturated heterocycles. The summed E-state index contributed by atoms with van der Waals surface area (Å²) in [5.74, 6) is 0.206. The van der Waals surface area contributed by atoms with Gasteiger partial charge in [0.05, 0.1) is 4.92 Å². The first-order chi connectivity index (χ1) is 8.84. The number of carbonyl (C=O) groups is 1. The number of ether oxygens (including phenoxy) is 2. The fourth-order valence-corrected chi connectivity index (χ4v) is 1.23. The maximum absolute atomic E-state index is 11.4. The Morgan fingerprint density at radius 2 is 1.95 bits per heavy atom. The van der Waals surface area contributed by atoms with Gasteiger partial charge in [-0.05, 0) is 32.2 Å². The minimum absolute atomic E-state index is 0.0655. The summed E-state index contributed by atoms with van der Waals surface area (Å²) in [6.07, 6.45) is 1.10. The van der Waals surface area contributed by atoms with E-state index >= 15 is 0 Å². The van der Waals surface area contributed by atoms with E-state index in [-0.39, 0.29) is 22.8 Å². The first-order valence-electron chi connectivity index (χ1n) is 5.48. The molecule has 6 nitrogen and oxygen atoms in total. The van der Waals surface area contributed by atoms with Gasteiger partial charge in [0.1, 0.15) is 12.4 Å². The standard InChI is InChI=1S/C12H15NO5S/c1-12(2,19-3)8-17-11(14)18-10-6-4-9(5-7-10)13(15)16/h4-7H,8H2,1-3H3. The summed E-state index contributed by atoms with van der Waals surface area (Å²) < 4.78 is 9.67. The molecule has 0 fully saturated rings. The molecule has 0 unspecified atom stereocenters. The molecule has 7 heteroatoms. The van der Waals surface area contributed by atoms with Gasteiger partial charge in [0.25, 0.3) is 5.69 Å². The van der Waals surface area contributed by atoms with Crippen LogP contribution in [0.1, 0.15) is 13.8 Å². The molecule has 0 bridgehead atoms. The summed E-state index contributed by atoms with van der Waals surface area (Å²) in [5, 5.41) is 10.5. The molecule has 0 spiro atoms. The van der Waals surface area contributed by atoms with Crippen LogP contribution in [-0.4, -0.2) is 28.7 Å². The predicted molar refractivity (Wildman–Crippen MR) is 72.7 cm³/mol. The molecule has 0 N–H and O–H groups in total. The molecule has 0 aliphatic rings. The van der Waals surface area contributed by atoms with E-state index in [2.05, 4.69) is 0 Å². The van der Waals surface area contributed by atoms with Gasteiger partial charge in [-0.15, -0.1) is 0 Å². The van der Waals surface area contributed by atoms with Gasteiger partial charge in [-0.25, -0.2) is 4.79 Å². The molecule has 0 aliphatic carbocycles. The van der Waals surface area contributed by atoms with Gasteiger partial charge in [0.2, 0.25) is 0 Å². The fourth-order valence-electron chi connectivity index (χ4n) is 1.05. The molecular formula is C12H15NO5S. The van der Waals surface area contributed by atoms with Gasteiger partial charge in [0.15, 0.2) is 0 Å². The van der Waals surface area contributed by atoms with Crippen LogP contribution in [0.15, 0.2) is 24.3 Å². The summed E-state index contributed by atoms with van der Waals surface area (Å²) in [4.78, 5) is 21.3. The second-order valence-electron chi connectivity index (χ2n) is 4.36. The second kappa shape index (κ2) is 6.42. The molecule has 0 aliphatic heterocycles. The first-order valence-corrected chi connectivity index (χ1v) is 6.71. The van der Waals surface area contributed by atoms with E-state index in [1.807, 2.05) is 20.1 Å². The number of nitro groups is 1. The topological polar surface area (TPSA) is 78.7 Å². The van der Waals surface area contributed by atoms with Crippen molar-refractivity contribution in [3.63, 3.8) is 0 Å². The highest BCUT2D eigenvalue weighted by atomic mass is 32.2. The highest BCUT2D eigenvalue weighted by Gasteiger charge is 2.19. The third-order valence-corrected chi connectivity index (χ3v) is 3.56. The summed E-state index contributed by atoms with van der Waals surface area (Å²) in [6.45, 7) is 4.10. The average Bonchev–Trinajstić information content (AvgIpc) is 2.37. The normalized spacial score (nSPS) is 10.9. The Labute approximate surface area is 115 Å². The highest BCUT2D eigenvalue weighted by molar-refractivity contribution is 7.99. The predicted octanol–water partition coefficient (Wildman–Crippen LogP) is 3.25. The Morgan fingerprint density at radius 3 is 2.42 bits per heavy atom. The molecule has 1 aromatic carbocycles. The fraction of sp³-hybridized carbons (Fsp3) is 0.417. The van der Waals surface area contributed by atoms with E-state index in [9.17, 15) is 14.9 Å². The van der Waals surface area contributed by atoms with Crippen LogP contribution in [0, 0.1) is 10.1 Å². The molecule has 0 amide bonds. The monoisotopic (exact) mass is 285 g/mol. The molecule has 1 aromatic rings. The maximum atomic E-state index is 11.4. The Morgan fingerprint density at radius 1 is 1.37 bits per heavy atom. The molecule has 0 heterocycles. The lowest BCUT2D eigenvalue weighted by Gasteiger charge is -2.20. The van der Waals surface area contributed by atoms with Crippen molar-refractivity contribution in [1.29, 1.82) is 0 Å². The lowest BCUT2D eigenvalue weighted by Crippen LogP contribution is -2.25. The molecule has 104 valence electrons. The number of thioether (sulfide) groups is 1. The largest absolute Gasteiger partial charge is 0.513 e. The Balaban J connectivity index is 2.51. The van der Waals surface area contributed by atoms with Gasteiger partial charge < -0.3 is 9.47 Å². The van der Waals surface area contributed by atoms with Crippen molar-refractivity contribution in [2.75, 3.05) is 12.9 Å². The van der Waals surface area contributed by atoms with E-state index in [0.717, 1.165) is 0 Å². The van der Waals surface area contributed by atoms with E-state index in [4.69, 9.17) is 9.47 Å². The van der Waals surface area contributed by atoms with Crippen LogP contribution in [-0.2, 0) is 4.74 Å². The third kappa shape index (κ3) is 5.17. The van der Waals surface area contributed by atoms with Crippen molar-refractivity contribution in [3.05, 3.63) is 34.4 Å². The zero-order valence-electron chi connectivity index (χ0n) is 10.9. The number of hydrogen-bond donors (Lipinski definition) is 0. The number of hydrogen-bond acceptors (Lipinski definition) is 6. The van der Waals surface area contributed by atoms with Crippen LogP contribution < -0.4 is 4.74 Å². The Kier molecular flexibility index (Phi) is 5.17. The number of benzene rings is 1. The Bertz CT molecular complexity index is 458. The van der Waals surface area contributed by atoms with E-state index in [0.29, 0.717) is 0 Å². The lowest BCUT2D eigenvalue weighted by molar-refractivity contribution is -0.384. The average molecular weight is 285 g/mol. The zero-order valence-corrected chi connectivity index (χ0v) is 11.7. The summed E-state index contributed by atoms with van der Waals surface area (Å²) in [7, 11) is 0. The number of rotatable bonds is 5. The number of nitrogens with zero attached hydrogens (tertiary/aromatic N) is 1. The number of non-ortho nitro benzene ring substituents is 1. The minimum atomic E-state index is -0.823. The lowest BCUT2D eigenvalue weighted by atomic mass is 10.2. The molecule has 0 aromatic heterocycles. The van der Waals surface area contributed by atoms with Crippen LogP contribution in [0.4, 0.5) is 10.5 Å². The van der Waals surface area contributed by atoms with Crippen molar-refractivity contribution in [2.24, 2.45) is 0 Å². The maximum Gasteiger partial charge on any atom is 0.513 e. The second-order valence-corrected chi connectivity index (χ2v) is 5.87. The minimum Gasteiger partial charge on any atom is -0.433 e. The van der Waals surface area contributed by atoms with Crippen LogP contribution >= 0.6 is 11.8 Å². The summed E-state index contributed by atoms with van der Waals surface area (Å²) >= 11 is 1.57. The number of carbonyl (C=O) groups excluding carboxylic acids is 1. The summed E-state index contributed by atoms with van der Waals surface area (Å²) in [5.41, 5.74) is -0.0655. The molecule has 19 heavy (non-hydrogen) atoms. The quantitative estimate of drug-likeness (QED) is 0.357. The zero-order chi connectivity index (χ0) is 14.5. The van der Waals surface area contributed by atoms with E-state index in [1.54, 1.807) is 11.8 Å². The first kappa shape index (κ1) is 15.3. The SMILES string of the molecule is CSC(C)(C)COC(=O)Oc1ccc([N+](=O)[O-])cc1. The van der Waals surface area contributed by atoms with Crippen molar-refractivity contribution in [3.8, 4) is 5.75 Å². The molecule has 0 saturated carbocycles. The molecule has 0 radical (unpaired) electrons. The molecule has 1 rings (SSSR count). The van der Waals surface area contributed by atoms with E-state index < -0.39 is 11.1 Å². The van der Waals surface area contributed by atoms with Crippen LogP contribution in [0.2, 0.25) is 0 Å². The Hall–Kier alpha value is -1.76. The smallest absolute Gasteiger partial charge is 0.433 e. The number of nitro benzene ring substituents is 1. The van der Waals surface area contributed by atoms with Crippen LogP contribution in [0.25, 0.3) is 0 Å². The van der Waals surface area contributed by atoms with Gasteiger partial charge >= 0.3 is 6.16 Å².